The molecule has 0 radical (unpaired) electrons. The van der Waals surface area contributed by atoms with E-state index in [1.807, 2.05) is 0 Å². The molecule has 12 heteroatoms. The minimum atomic E-state index is -4.62. The molecule has 0 aliphatic heterocycles. The lowest BCUT2D eigenvalue weighted by molar-refractivity contribution is -0.144. The van der Waals surface area contributed by atoms with Crippen LogP contribution in [0, 0.1) is 6.92 Å². The third-order valence-electron chi connectivity index (χ3n) is 2.96. The Morgan fingerprint density at radius 3 is 2.68 bits per heavy atom. The molecule has 3 aromatic heterocycles. The zero-order valence-corrected chi connectivity index (χ0v) is 15.7. The van der Waals surface area contributed by atoms with Crippen LogP contribution >= 0.6 is 34.9 Å². The first kappa shape index (κ1) is 18.4. The quantitative estimate of drug-likeness (QED) is 0.342. The van der Waals surface area contributed by atoms with Gasteiger partial charge in [0, 0.05) is 11.4 Å². The van der Waals surface area contributed by atoms with Crippen molar-refractivity contribution in [2.24, 2.45) is 0 Å². The van der Waals surface area contributed by atoms with Crippen LogP contribution < -0.4 is 0 Å². The number of alkyl halides is 3. The number of hydrogen-bond acceptors (Lipinski definition) is 8. The number of halogens is 3. The van der Waals surface area contributed by atoms with Gasteiger partial charge in [0.2, 0.25) is 0 Å². The van der Waals surface area contributed by atoms with Gasteiger partial charge in [-0.15, -0.1) is 15.3 Å². The molecule has 0 saturated carbocycles. The number of thioether (sulfide) groups is 1. The molecule has 0 aliphatic rings. The van der Waals surface area contributed by atoms with Gasteiger partial charge in [0.15, 0.2) is 8.68 Å². The summed E-state index contributed by atoms with van der Waals surface area (Å²) in [4.78, 5) is 7.47. The highest BCUT2D eigenvalue weighted by Gasteiger charge is 2.37. The zero-order chi connectivity index (χ0) is 18.0. The highest BCUT2D eigenvalue weighted by molar-refractivity contribution is 8.03. The van der Waals surface area contributed by atoms with E-state index < -0.39 is 12.0 Å². The Morgan fingerprint density at radius 2 is 1.96 bits per heavy atom. The third-order valence-corrected chi connectivity index (χ3v) is 6.16. The molecule has 0 atom stereocenters. The largest absolute Gasteiger partial charge is 0.453 e. The van der Waals surface area contributed by atoms with E-state index in [1.54, 1.807) is 24.8 Å². The molecule has 0 aliphatic carbocycles. The first-order valence-corrected chi connectivity index (χ1v) is 9.94. The molecule has 3 heterocycles. The summed E-state index contributed by atoms with van der Waals surface area (Å²) in [6.07, 6.45) is -2.42. The second kappa shape index (κ2) is 7.46. The van der Waals surface area contributed by atoms with Crippen LogP contribution in [0.15, 0.2) is 19.8 Å². The summed E-state index contributed by atoms with van der Waals surface area (Å²) in [6.45, 7) is 3.81. The maximum atomic E-state index is 12.8. The van der Waals surface area contributed by atoms with Crippen LogP contribution in [0.3, 0.4) is 0 Å². The Hall–Kier alpha value is -1.40. The maximum Gasteiger partial charge on any atom is 0.453 e. The van der Waals surface area contributed by atoms with Gasteiger partial charge in [-0.2, -0.15) is 22.7 Å². The Balaban J connectivity index is 1.87. The van der Waals surface area contributed by atoms with Crippen LogP contribution in [-0.2, 0) is 6.18 Å². The Bertz CT molecular complexity index is 876. The normalized spacial score (nSPS) is 12.2. The second-order valence-corrected chi connectivity index (χ2v) is 8.61. The fourth-order valence-corrected chi connectivity index (χ4v) is 5.09. The van der Waals surface area contributed by atoms with E-state index in [9.17, 15) is 13.2 Å². The van der Waals surface area contributed by atoms with Gasteiger partial charge in [-0.3, -0.25) is 0 Å². The van der Waals surface area contributed by atoms with Crippen LogP contribution in [0.4, 0.5) is 13.2 Å². The van der Waals surface area contributed by atoms with Crippen LogP contribution in [0.1, 0.15) is 31.3 Å². The average molecular weight is 406 g/mol. The van der Waals surface area contributed by atoms with Gasteiger partial charge < -0.3 is 0 Å². The van der Waals surface area contributed by atoms with Gasteiger partial charge in [-0.25, -0.2) is 4.98 Å². The van der Waals surface area contributed by atoms with Gasteiger partial charge >= 0.3 is 6.18 Å². The second-order valence-electron chi connectivity index (χ2n) is 5.02. The fraction of sp³-hybridized carbons (Fsp3) is 0.462. The lowest BCUT2D eigenvalue weighted by atomic mass is 10.4. The van der Waals surface area contributed by atoms with Crippen LogP contribution in [-0.4, -0.2) is 35.5 Å². The molecule has 0 aromatic carbocycles. The molecule has 134 valence electrons. The van der Waals surface area contributed by atoms with Crippen molar-refractivity contribution in [1.29, 1.82) is 0 Å². The van der Waals surface area contributed by atoms with Crippen molar-refractivity contribution in [3.63, 3.8) is 0 Å². The number of fused-ring (bicyclic) bond motifs is 1. The molecule has 3 rings (SSSR count). The molecular weight excluding hydrogens is 393 g/mol. The highest BCUT2D eigenvalue weighted by Crippen LogP contribution is 2.34. The van der Waals surface area contributed by atoms with Gasteiger partial charge in [-0.1, -0.05) is 36.4 Å². The van der Waals surface area contributed by atoms with Crippen LogP contribution in [0.25, 0.3) is 5.78 Å². The molecule has 0 spiro atoms. The molecule has 3 aromatic rings. The number of aromatic nitrogens is 6. The monoisotopic (exact) mass is 406 g/mol. The van der Waals surface area contributed by atoms with E-state index >= 15 is 0 Å². The van der Waals surface area contributed by atoms with Gasteiger partial charge in [-0.05, 0) is 31.2 Å². The van der Waals surface area contributed by atoms with Crippen molar-refractivity contribution < 1.29 is 13.2 Å². The third kappa shape index (κ3) is 4.42. The summed E-state index contributed by atoms with van der Waals surface area (Å²) in [6, 6.07) is 1.65. The topological polar surface area (TPSA) is 68.9 Å². The summed E-state index contributed by atoms with van der Waals surface area (Å²) in [5.41, 5.74) is 0.554. The van der Waals surface area contributed by atoms with Crippen molar-refractivity contribution in [3.8, 4) is 0 Å². The zero-order valence-electron chi connectivity index (χ0n) is 13.2. The number of hydrogen-bond donors (Lipinski definition) is 0. The molecule has 0 N–H and O–H groups in total. The van der Waals surface area contributed by atoms with Gasteiger partial charge in [0.05, 0.1) is 0 Å². The standard InChI is InChI=1S/C13H13F3N6S3/c1-3-4-5-23-11-19-20-12(25-11)24-8-6-7(2)17-10-18-9(13(14,15)16)21-22(8)10/h6H,3-5H2,1-2H3. The van der Waals surface area contributed by atoms with Gasteiger partial charge in [0.1, 0.15) is 5.03 Å². The minimum Gasteiger partial charge on any atom is -0.216 e. The predicted octanol–water partition coefficient (Wildman–Crippen LogP) is 4.35. The fourth-order valence-electron chi connectivity index (χ4n) is 1.84. The molecule has 0 fully saturated rings. The summed E-state index contributed by atoms with van der Waals surface area (Å²) in [7, 11) is 0. The lowest BCUT2D eigenvalue weighted by Crippen LogP contribution is -2.07. The SMILES string of the molecule is CCCCSc1nnc(Sc2cc(C)nc3nc(C(F)(F)F)nn23)s1. The number of nitrogens with zero attached hydrogens (tertiary/aromatic N) is 6. The minimum absolute atomic E-state index is 0.0862. The Kier molecular flexibility index (Phi) is 5.49. The number of rotatable bonds is 6. The lowest BCUT2D eigenvalue weighted by Gasteiger charge is -2.02. The highest BCUT2D eigenvalue weighted by atomic mass is 32.2. The van der Waals surface area contributed by atoms with E-state index in [1.165, 1.54) is 23.1 Å². The Morgan fingerprint density at radius 1 is 1.20 bits per heavy atom. The van der Waals surface area contributed by atoms with Crippen molar-refractivity contribution in [2.45, 2.75) is 46.6 Å². The van der Waals surface area contributed by atoms with E-state index in [-0.39, 0.29) is 5.78 Å². The summed E-state index contributed by atoms with van der Waals surface area (Å²) in [5.74, 6) is -0.329. The van der Waals surface area contributed by atoms with Crippen LogP contribution in [0.2, 0.25) is 0 Å². The van der Waals surface area contributed by atoms with Crippen LogP contribution in [0.5, 0.6) is 0 Å². The molecule has 0 bridgehead atoms. The van der Waals surface area contributed by atoms with E-state index in [4.69, 9.17) is 0 Å². The summed E-state index contributed by atoms with van der Waals surface area (Å²) >= 11 is 4.23. The van der Waals surface area contributed by atoms with Crippen molar-refractivity contribution in [2.75, 3.05) is 5.75 Å². The van der Waals surface area contributed by atoms with Crippen molar-refractivity contribution in [3.05, 3.63) is 17.6 Å². The number of aryl methyl sites for hydroxylation is 1. The smallest absolute Gasteiger partial charge is 0.216 e. The summed E-state index contributed by atoms with van der Waals surface area (Å²) in [5, 5.41) is 12.2. The molecule has 0 amide bonds. The molecule has 6 nitrogen and oxygen atoms in total. The summed E-state index contributed by atoms with van der Waals surface area (Å²) < 4.78 is 41.1. The van der Waals surface area contributed by atoms with Crippen molar-refractivity contribution in [1.82, 2.24) is 29.8 Å². The van der Waals surface area contributed by atoms with E-state index in [2.05, 4.69) is 32.2 Å². The predicted molar refractivity (Wildman–Crippen MR) is 90.2 cm³/mol. The molecule has 25 heavy (non-hydrogen) atoms. The first-order valence-electron chi connectivity index (χ1n) is 7.32. The molecule has 0 unspecified atom stereocenters. The van der Waals surface area contributed by atoms with Gasteiger partial charge in [0.25, 0.3) is 11.6 Å². The average Bonchev–Trinajstić information content (AvgIpc) is 3.14. The van der Waals surface area contributed by atoms with E-state index in [0.717, 1.165) is 27.4 Å². The Labute approximate surface area is 153 Å². The van der Waals surface area contributed by atoms with Crippen molar-refractivity contribution >= 4 is 40.6 Å². The molecular formula is C13H13F3N6S3. The maximum absolute atomic E-state index is 12.8. The number of unbranched alkanes of at least 4 members (excludes halogenated alkanes) is 1. The molecule has 0 saturated heterocycles. The first-order chi connectivity index (χ1) is 11.9. The van der Waals surface area contributed by atoms with E-state index in [0.29, 0.717) is 15.1 Å².